The lowest BCUT2D eigenvalue weighted by atomic mass is 10.1. The molecule has 0 unspecified atom stereocenters. The Morgan fingerprint density at radius 1 is 1.00 bits per heavy atom. The topological polar surface area (TPSA) is 18.5 Å². The van der Waals surface area contributed by atoms with Crippen LogP contribution in [0.2, 0.25) is 13.1 Å². The molecule has 1 aliphatic rings. The summed E-state index contributed by atoms with van der Waals surface area (Å²) in [6, 6.07) is 8.30. The molecule has 2 nitrogen and oxygen atoms in total. The Kier molecular flexibility index (Phi) is 2.23. The Bertz CT molecular complexity index is 281. The SMILES string of the molecule is C[Si]1(C)OCc2ccccc2CO1. The van der Waals surface area contributed by atoms with E-state index in [0.29, 0.717) is 13.2 Å². The fraction of sp³-hybridized carbons (Fsp3) is 0.400. The van der Waals surface area contributed by atoms with Crippen LogP contribution in [-0.2, 0) is 22.1 Å². The highest BCUT2D eigenvalue weighted by molar-refractivity contribution is 6.64. The van der Waals surface area contributed by atoms with E-state index in [2.05, 4.69) is 25.2 Å². The maximum Gasteiger partial charge on any atom is 0.332 e. The molecule has 0 fully saturated rings. The first-order valence-electron chi connectivity index (χ1n) is 4.52. The summed E-state index contributed by atoms with van der Waals surface area (Å²) < 4.78 is 11.5. The lowest BCUT2D eigenvalue weighted by Gasteiger charge is -2.18. The van der Waals surface area contributed by atoms with E-state index in [1.54, 1.807) is 0 Å². The molecule has 1 aromatic rings. The van der Waals surface area contributed by atoms with E-state index in [4.69, 9.17) is 8.85 Å². The van der Waals surface area contributed by atoms with Gasteiger partial charge in [-0.1, -0.05) is 24.3 Å². The van der Waals surface area contributed by atoms with Gasteiger partial charge in [-0.2, -0.15) is 0 Å². The average Bonchev–Trinajstić information content (AvgIpc) is 2.27. The molecule has 0 spiro atoms. The van der Waals surface area contributed by atoms with Crippen LogP contribution in [0.5, 0.6) is 0 Å². The van der Waals surface area contributed by atoms with Crippen LogP contribution in [0.1, 0.15) is 11.1 Å². The van der Waals surface area contributed by atoms with Gasteiger partial charge in [0, 0.05) is 0 Å². The number of benzene rings is 1. The molecule has 0 saturated carbocycles. The van der Waals surface area contributed by atoms with Crippen molar-refractivity contribution in [2.45, 2.75) is 26.3 Å². The van der Waals surface area contributed by atoms with Crippen molar-refractivity contribution in [3.63, 3.8) is 0 Å². The highest BCUT2D eigenvalue weighted by Crippen LogP contribution is 2.21. The molecule has 0 saturated heterocycles. The minimum Gasteiger partial charge on any atom is -0.390 e. The van der Waals surface area contributed by atoms with E-state index < -0.39 is 8.56 Å². The molecular weight excluding hydrogens is 180 g/mol. The normalized spacial score (nSPS) is 20.5. The van der Waals surface area contributed by atoms with Crippen LogP contribution in [0.3, 0.4) is 0 Å². The zero-order valence-corrected chi connectivity index (χ0v) is 9.04. The van der Waals surface area contributed by atoms with Gasteiger partial charge in [-0.25, -0.2) is 0 Å². The summed E-state index contributed by atoms with van der Waals surface area (Å²) >= 11 is 0. The lowest BCUT2D eigenvalue weighted by Crippen LogP contribution is -2.32. The van der Waals surface area contributed by atoms with E-state index in [-0.39, 0.29) is 0 Å². The number of fused-ring (bicyclic) bond motifs is 1. The van der Waals surface area contributed by atoms with E-state index in [1.165, 1.54) is 11.1 Å². The average molecular weight is 194 g/mol. The van der Waals surface area contributed by atoms with Crippen molar-refractivity contribution < 1.29 is 8.85 Å². The van der Waals surface area contributed by atoms with Gasteiger partial charge < -0.3 is 8.85 Å². The first-order valence-corrected chi connectivity index (χ1v) is 7.34. The fourth-order valence-corrected chi connectivity index (χ4v) is 2.47. The van der Waals surface area contributed by atoms with Gasteiger partial charge in [-0.15, -0.1) is 0 Å². The van der Waals surface area contributed by atoms with Crippen LogP contribution in [0, 0.1) is 0 Å². The second kappa shape index (κ2) is 3.25. The van der Waals surface area contributed by atoms with Crippen molar-refractivity contribution in [3.05, 3.63) is 35.4 Å². The molecule has 1 aliphatic heterocycles. The van der Waals surface area contributed by atoms with Crippen molar-refractivity contribution in [2.24, 2.45) is 0 Å². The van der Waals surface area contributed by atoms with Gasteiger partial charge in [-0.3, -0.25) is 0 Å². The monoisotopic (exact) mass is 194 g/mol. The predicted molar refractivity (Wildman–Crippen MR) is 53.5 cm³/mol. The molecule has 2 rings (SSSR count). The largest absolute Gasteiger partial charge is 0.390 e. The summed E-state index contributed by atoms with van der Waals surface area (Å²) in [7, 11) is -1.84. The maximum atomic E-state index is 5.73. The van der Waals surface area contributed by atoms with Crippen LogP contribution in [0.15, 0.2) is 24.3 Å². The Morgan fingerprint density at radius 3 is 1.92 bits per heavy atom. The zero-order valence-electron chi connectivity index (χ0n) is 8.04. The van der Waals surface area contributed by atoms with Crippen LogP contribution in [0.25, 0.3) is 0 Å². The smallest absolute Gasteiger partial charge is 0.332 e. The second-order valence-electron chi connectivity index (χ2n) is 3.75. The molecule has 0 aromatic heterocycles. The maximum absolute atomic E-state index is 5.73. The van der Waals surface area contributed by atoms with Crippen LogP contribution in [-0.4, -0.2) is 8.56 Å². The third-order valence-electron chi connectivity index (χ3n) is 2.27. The summed E-state index contributed by atoms with van der Waals surface area (Å²) in [5, 5.41) is 0. The molecule has 0 radical (unpaired) electrons. The highest BCUT2D eigenvalue weighted by atomic mass is 28.4. The molecule has 1 heterocycles. The summed E-state index contributed by atoms with van der Waals surface area (Å²) in [6.45, 7) is 5.57. The van der Waals surface area contributed by atoms with Crippen molar-refractivity contribution >= 4 is 8.56 Å². The third kappa shape index (κ3) is 1.99. The molecule has 0 amide bonds. The predicted octanol–water partition coefficient (Wildman–Crippen LogP) is 2.44. The summed E-state index contributed by atoms with van der Waals surface area (Å²) in [4.78, 5) is 0. The highest BCUT2D eigenvalue weighted by Gasteiger charge is 2.27. The summed E-state index contributed by atoms with van der Waals surface area (Å²) in [5.74, 6) is 0. The molecule has 70 valence electrons. The summed E-state index contributed by atoms with van der Waals surface area (Å²) in [5.41, 5.74) is 2.53. The standard InChI is InChI=1S/C10H14O2Si/c1-13(2)11-7-9-5-3-4-6-10(9)8-12-13/h3-6H,7-8H2,1-2H3. The van der Waals surface area contributed by atoms with Gasteiger partial charge >= 0.3 is 8.56 Å². The Morgan fingerprint density at radius 2 is 1.46 bits per heavy atom. The molecule has 13 heavy (non-hydrogen) atoms. The fourth-order valence-electron chi connectivity index (χ4n) is 1.38. The Labute approximate surface area is 79.7 Å². The third-order valence-corrected chi connectivity index (χ3v) is 3.95. The van der Waals surface area contributed by atoms with Crippen LogP contribution in [0.4, 0.5) is 0 Å². The number of rotatable bonds is 0. The van der Waals surface area contributed by atoms with Gasteiger partial charge in [0.15, 0.2) is 0 Å². The Balaban J connectivity index is 2.27. The molecule has 0 bridgehead atoms. The van der Waals surface area contributed by atoms with E-state index in [1.807, 2.05) is 12.1 Å². The summed E-state index contributed by atoms with van der Waals surface area (Å²) in [6.07, 6.45) is 0. The molecule has 3 heteroatoms. The van der Waals surface area contributed by atoms with Crippen molar-refractivity contribution in [2.75, 3.05) is 0 Å². The van der Waals surface area contributed by atoms with Crippen molar-refractivity contribution in [1.82, 2.24) is 0 Å². The van der Waals surface area contributed by atoms with Crippen LogP contribution < -0.4 is 0 Å². The zero-order chi connectivity index (χ0) is 9.31. The van der Waals surface area contributed by atoms with Gasteiger partial charge in [0.05, 0.1) is 13.2 Å². The minimum atomic E-state index is -1.84. The van der Waals surface area contributed by atoms with Gasteiger partial charge in [0.1, 0.15) is 0 Å². The van der Waals surface area contributed by atoms with Crippen molar-refractivity contribution in [1.29, 1.82) is 0 Å². The molecular formula is C10H14O2Si. The van der Waals surface area contributed by atoms with Crippen LogP contribution >= 0.6 is 0 Å². The number of hydrogen-bond donors (Lipinski definition) is 0. The first kappa shape index (κ1) is 8.93. The van der Waals surface area contributed by atoms with E-state index >= 15 is 0 Å². The second-order valence-corrected chi connectivity index (χ2v) is 7.12. The lowest BCUT2D eigenvalue weighted by molar-refractivity contribution is 0.181. The van der Waals surface area contributed by atoms with Crippen molar-refractivity contribution in [3.8, 4) is 0 Å². The van der Waals surface area contributed by atoms with Gasteiger partial charge in [-0.05, 0) is 24.2 Å². The molecule has 0 aliphatic carbocycles. The number of hydrogen-bond acceptors (Lipinski definition) is 2. The first-order chi connectivity index (χ1) is 6.17. The molecule has 0 N–H and O–H groups in total. The molecule has 1 aromatic carbocycles. The van der Waals surface area contributed by atoms with Gasteiger partial charge in [0.25, 0.3) is 0 Å². The van der Waals surface area contributed by atoms with E-state index in [9.17, 15) is 0 Å². The quantitative estimate of drug-likeness (QED) is 0.591. The minimum absolute atomic E-state index is 0.704. The van der Waals surface area contributed by atoms with Gasteiger partial charge in [0.2, 0.25) is 0 Å². The van der Waals surface area contributed by atoms with E-state index in [0.717, 1.165) is 0 Å². The Hall–Kier alpha value is -0.643. The molecule has 0 atom stereocenters.